The van der Waals surface area contributed by atoms with E-state index >= 15 is 0 Å². The Morgan fingerprint density at radius 1 is 1.18 bits per heavy atom. The van der Waals surface area contributed by atoms with E-state index in [1.165, 1.54) is 6.92 Å². The second-order valence-corrected chi connectivity index (χ2v) is 6.54. The quantitative estimate of drug-likeness (QED) is 0.804. The Bertz CT molecular complexity index is 545. The molecule has 2 rings (SSSR count). The van der Waals surface area contributed by atoms with Gasteiger partial charge in [0.15, 0.2) is 5.78 Å². The maximum Gasteiger partial charge on any atom is 0.410 e. The Labute approximate surface area is 131 Å². The first-order valence-electron chi connectivity index (χ1n) is 7.50. The SMILES string of the molecule is CC(=O)c1ccc(OC2CCN(C(=O)OC(C)(C)C)C2)cc1. The van der Waals surface area contributed by atoms with Crippen molar-refractivity contribution in [3.05, 3.63) is 29.8 Å². The summed E-state index contributed by atoms with van der Waals surface area (Å²) < 4.78 is 11.2. The van der Waals surface area contributed by atoms with E-state index in [0.717, 1.165) is 6.42 Å². The van der Waals surface area contributed by atoms with Crippen molar-refractivity contribution < 1.29 is 19.1 Å². The summed E-state index contributed by atoms with van der Waals surface area (Å²) in [6, 6.07) is 7.07. The van der Waals surface area contributed by atoms with Gasteiger partial charge in [0.1, 0.15) is 17.5 Å². The van der Waals surface area contributed by atoms with Crippen LogP contribution in [0, 0.1) is 0 Å². The van der Waals surface area contributed by atoms with Crippen LogP contribution in [0.3, 0.4) is 0 Å². The fourth-order valence-electron chi connectivity index (χ4n) is 2.28. The topological polar surface area (TPSA) is 55.8 Å². The van der Waals surface area contributed by atoms with Gasteiger partial charge in [-0.1, -0.05) is 0 Å². The van der Waals surface area contributed by atoms with Crippen LogP contribution in [0.15, 0.2) is 24.3 Å². The Balaban J connectivity index is 1.88. The predicted octanol–water partition coefficient (Wildman–Crippen LogP) is 3.28. The van der Waals surface area contributed by atoms with Crippen LogP contribution in [0.25, 0.3) is 0 Å². The summed E-state index contributed by atoms with van der Waals surface area (Å²) in [5.41, 5.74) is 0.174. The fraction of sp³-hybridized carbons (Fsp3) is 0.529. The lowest BCUT2D eigenvalue weighted by Gasteiger charge is -2.24. The van der Waals surface area contributed by atoms with Gasteiger partial charge in [0, 0.05) is 18.5 Å². The van der Waals surface area contributed by atoms with Crippen molar-refractivity contribution in [2.24, 2.45) is 0 Å². The molecule has 0 aromatic heterocycles. The Hall–Kier alpha value is -2.04. The summed E-state index contributed by atoms with van der Waals surface area (Å²) >= 11 is 0. The zero-order valence-electron chi connectivity index (χ0n) is 13.6. The van der Waals surface area contributed by atoms with Gasteiger partial charge < -0.3 is 14.4 Å². The Morgan fingerprint density at radius 2 is 1.82 bits per heavy atom. The van der Waals surface area contributed by atoms with Crippen LogP contribution in [0.4, 0.5) is 4.79 Å². The molecule has 22 heavy (non-hydrogen) atoms. The van der Waals surface area contributed by atoms with Gasteiger partial charge in [-0.15, -0.1) is 0 Å². The molecule has 1 aliphatic rings. The van der Waals surface area contributed by atoms with Crippen LogP contribution in [0.2, 0.25) is 0 Å². The van der Waals surface area contributed by atoms with Crippen molar-refractivity contribution in [1.82, 2.24) is 4.90 Å². The lowest BCUT2D eigenvalue weighted by Crippen LogP contribution is -2.36. The molecule has 5 nitrogen and oxygen atoms in total. The van der Waals surface area contributed by atoms with Crippen molar-refractivity contribution in [3.8, 4) is 5.75 Å². The summed E-state index contributed by atoms with van der Waals surface area (Å²) in [6.07, 6.45) is 0.425. The van der Waals surface area contributed by atoms with Crippen LogP contribution in [-0.2, 0) is 4.74 Å². The van der Waals surface area contributed by atoms with E-state index in [4.69, 9.17) is 9.47 Å². The van der Waals surface area contributed by atoms with Crippen molar-refractivity contribution in [3.63, 3.8) is 0 Å². The highest BCUT2D eigenvalue weighted by Crippen LogP contribution is 2.21. The molecule has 0 radical (unpaired) electrons. The molecule has 1 aliphatic heterocycles. The number of nitrogens with zero attached hydrogens (tertiary/aromatic N) is 1. The van der Waals surface area contributed by atoms with E-state index in [-0.39, 0.29) is 18.0 Å². The molecule has 1 fully saturated rings. The average Bonchev–Trinajstić information content (AvgIpc) is 2.86. The number of Topliss-reactive ketones (excluding diaryl/α,β-unsaturated/α-hetero) is 1. The monoisotopic (exact) mass is 305 g/mol. The minimum absolute atomic E-state index is 0.0310. The zero-order valence-corrected chi connectivity index (χ0v) is 13.6. The lowest BCUT2D eigenvalue weighted by atomic mass is 10.1. The summed E-state index contributed by atoms with van der Waals surface area (Å²) in [4.78, 5) is 24.9. The third-order valence-corrected chi connectivity index (χ3v) is 3.36. The van der Waals surface area contributed by atoms with Crippen LogP contribution in [0.1, 0.15) is 44.5 Å². The van der Waals surface area contributed by atoms with Crippen molar-refractivity contribution in [1.29, 1.82) is 0 Å². The molecule has 1 atom stereocenters. The number of hydrogen-bond acceptors (Lipinski definition) is 4. The van der Waals surface area contributed by atoms with Gasteiger partial charge in [-0.25, -0.2) is 4.79 Å². The van der Waals surface area contributed by atoms with Crippen LogP contribution >= 0.6 is 0 Å². The molecule has 0 N–H and O–H groups in total. The minimum Gasteiger partial charge on any atom is -0.489 e. The largest absolute Gasteiger partial charge is 0.489 e. The molecule has 1 saturated heterocycles. The van der Waals surface area contributed by atoms with Gasteiger partial charge in [0.2, 0.25) is 0 Å². The zero-order chi connectivity index (χ0) is 16.3. The lowest BCUT2D eigenvalue weighted by molar-refractivity contribution is 0.0275. The first-order valence-corrected chi connectivity index (χ1v) is 7.50. The van der Waals surface area contributed by atoms with Crippen molar-refractivity contribution in [2.75, 3.05) is 13.1 Å². The molecule has 1 heterocycles. The van der Waals surface area contributed by atoms with Crippen LogP contribution < -0.4 is 4.74 Å². The maximum absolute atomic E-state index is 12.0. The van der Waals surface area contributed by atoms with E-state index in [1.807, 2.05) is 20.8 Å². The third-order valence-electron chi connectivity index (χ3n) is 3.36. The van der Waals surface area contributed by atoms with E-state index in [2.05, 4.69) is 0 Å². The van der Waals surface area contributed by atoms with Crippen molar-refractivity contribution >= 4 is 11.9 Å². The number of carbonyl (C=O) groups is 2. The van der Waals surface area contributed by atoms with E-state index in [1.54, 1.807) is 29.2 Å². The highest BCUT2D eigenvalue weighted by atomic mass is 16.6. The molecule has 1 unspecified atom stereocenters. The maximum atomic E-state index is 12.0. The fourth-order valence-corrected chi connectivity index (χ4v) is 2.28. The number of ketones is 1. The number of amides is 1. The minimum atomic E-state index is -0.488. The van der Waals surface area contributed by atoms with Crippen LogP contribution in [0.5, 0.6) is 5.75 Å². The average molecular weight is 305 g/mol. The van der Waals surface area contributed by atoms with E-state index < -0.39 is 5.60 Å². The van der Waals surface area contributed by atoms with Gasteiger partial charge >= 0.3 is 6.09 Å². The van der Waals surface area contributed by atoms with E-state index in [9.17, 15) is 9.59 Å². The van der Waals surface area contributed by atoms with Crippen molar-refractivity contribution in [2.45, 2.75) is 45.8 Å². The molecule has 1 aromatic carbocycles. The molecule has 0 bridgehead atoms. The number of ether oxygens (including phenoxy) is 2. The Kier molecular flexibility index (Phi) is 4.74. The van der Waals surface area contributed by atoms with Gasteiger partial charge in [-0.3, -0.25) is 4.79 Å². The molecular formula is C17H23NO4. The Morgan fingerprint density at radius 3 is 2.36 bits per heavy atom. The van der Waals surface area contributed by atoms with Crippen LogP contribution in [-0.4, -0.2) is 41.6 Å². The number of likely N-dealkylation sites (tertiary alicyclic amines) is 1. The molecule has 1 amide bonds. The first-order chi connectivity index (χ1) is 10.2. The summed E-state index contributed by atoms with van der Waals surface area (Å²) in [5.74, 6) is 0.740. The molecule has 120 valence electrons. The standard InChI is InChI=1S/C17H23NO4/c1-12(19)13-5-7-14(8-6-13)21-15-9-10-18(11-15)16(20)22-17(2,3)4/h5-8,15H,9-11H2,1-4H3. The molecular weight excluding hydrogens is 282 g/mol. The highest BCUT2D eigenvalue weighted by molar-refractivity contribution is 5.94. The highest BCUT2D eigenvalue weighted by Gasteiger charge is 2.30. The number of hydrogen-bond donors (Lipinski definition) is 0. The van der Waals surface area contributed by atoms with E-state index in [0.29, 0.717) is 24.4 Å². The molecule has 5 heteroatoms. The number of rotatable bonds is 3. The molecule has 0 saturated carbocycles. The molecule has 1 aromatic rings. The normalized spacial score (nSPS) is 18.2. The second-order valence-electron chi connectivity index (χ2n) is 6.54. The first kappa shape index (κ1) is 16.3. The molecule has 0 aliphatic carbocycles. The predicted molar refractivity (Wildman–Crippen MR) is 83.3 cm³/mol. The number of benzene rings is 1. The summed E-state index contributed by atoms with van der Waals surface area (Å²) in [5, 5.41) is 0. The number of carbonyl (C=O) groups excluding carboxylic acids is 2. The third kappa shape index (κ3) is 4.48. The summed E-state index contributed by atoms with van der Waals surface area (Å²) in [7, 11) is 0. The second kappa shape index (κ2) is 6.38. The van der Waals surface area contributed by atoms with Gasteiger partial charge in [0.25, 0.3) is 0 Å². The smallest absolute Gasteiger partial charge is 0.410 e. The van der Waals surface area contributed by atoms with Gasteiger partial charge in [-0.05, 0) is 52.0 Å². The summed E-state index contributed by atoms with van der Waals surface area (Å²) in [6.45, 7) is 8.24. The van der Waals surface area contributed by atoms with Gasteiger partial charge in [-0.2, -0.15) is 0 Å². The molecule has 0 spiro atoms. The van der Waals surface area contributed by atoms with Gasteiger partial charge in [0.05, 0.1) is 6.54 Å².